The summed E-state index contributed by atoms with van der Waals surface area (Å²) in [4.78, 5) is 16.4. The summed E-state index contributed by atoms with van der Waals surface area (Å²) in [5.74, 6) is 0.214. The second-order valence-electron chi connectivity index (χ2n) is 6.04. The Morgan fingerprint density at radius 1 is 1.53 bits per heavy atom. The number of hydrogen-bond acceptors (Lipinski definition) is 3. The van der Waals surface area contributed by atoms with Gasteiger partial charge in [-0.05, 0) is 24.8 Å². The zero-order valence-corrected chi connectivity index (χ0v) is 11.7. The normalized spacial score (nSPS) is 20.5. The molecule has 3 rings (SSSR count). The predicted octanol–water partition coefficient (Wildman–Crippen LogP) is 2.26. The van der Waals surface area contributed by atoms with Crippen molar-refractivity contribution in [3.8, 4) is 0 Å². The number of amides is 1. The first-order valence-electron chi connectivity index (χ1n) is 6.49. The lowest BCUT2D eigenvalue weighted by Gasteiger charge is -2.06. The van der Waals surface area contributed by atoms with Gasteiger partial charge in [0, 0.05) is 18.4 Å². The highest BCUT2D eigenvalue weighted by molar-refractivity contribution is 5.96. The number of fused-ring (bicyclic) bond motifs is 1. The van der Waals surface area contributed by atoms with Crippen LogP contribution in [0.5, 0.6) is 0 Å². The number of pyridine rings is 1. The van der Waals surface area contributed by atoms with Crippen molar-refractivity contribution >= 4 is 22.6 Å². The monoisotopic (exact) mass is 258 g/mol. The molecule has 19 heavy (non-hydrogen) atoms. The van der Waals surface area contributed by atoms with E-state index in [0.717, 1.165) is 28.8 Å². The van der Waals surface area contributed by atoms with E-state index in [1.54, 1.807) is 10.9 Å². The van der Waals surface area contributed by atoms with Crippen LogP contribution in [0.15, 0.2) is 12.3 Å². The highest BCUT2D eigenvalue weighted by Crippen LogP contribution is 2.51. The Hall–Kier alpha value is -1.91. The van der Waals surface area contributed by atoms with Crippen LogP contribution in [0, 0.1) is 18.3 Å². The Labute approximate surface area is 112 Å². The SMILES string of the molecule is Cc1nn(C)c2ncc(NC(=O)[C@H]3CC3(C)C)cc12. The van der Waals surface area contributed by atoms with Crippen molar-refractivity contribution in [2.24, 2.45) is 18.4 Å². The Kier molecular flexibility index (Phi) is 2.42. The maximum Gasteiger partial charge on any atom is 0.228 e. The zero-order chi connectivity index (χ0) is 13.8. The van der Waals surface area contributed by atoms with Crippen molar-refractivity contribution < 1.29 is 4.79 Å². The molecule has 100 valence electrons. The second kappa shape index (κ2) is 3.79. The van der Waals surface area contributed by atoms with E-state index in [4.69, 9.17) is 0 Å². The number of anilines is 1. The first-order valence-corrected chi connectivity index (χ1v) is 6.49. The van der Waals surface area contributed by atoms with E-state index in [2.05, 4.69) is 29.2 Å². The molecule has 5 heteroatoms. The number of aryl methyl sites for hydroxylation is 2. The molecule has 1 saturated carbocycles. The summed E-state index contributed by atoms with van der Waals surface area (Å²) in [6, 6.07) is 1.94. The molecule has 1 amide bonds. The van der Waals surface area contributed by atoms with Crippen LogP contribution < -0.4 is 5.32 Å². The average molecular weight is 258 g/mol. The van der Waals surface area contributed by atoms with Gasteiger partial charge in [0.1, 0.15) is 0 Å². The van der Waals surface area contributed by atoms with Gasteiger partial charge in [-0.1, -0.05) is 13.8 Å². The smallest absolute Gasteiger partial charge is 0.228 e. The van der Waals surface area contributed by atoms with Crippen molar-refractivity contribution in [3.63, 3.8) is 0 Å². The van der Waals surface area contributed by atoms with Gasteiger partial charge in [0.05, 0.1) is 17.6 Å². The Bertz CT molecular complexity index is 671. The number of nitrogens with zero attached hydrogens (tertiary/aromatic N) is 3. The third-order valence-electron chi connectivity index (χ3n) is 3.96. The summed E-state index contributed by atoms with van der Waals surface area (Å²) in [6.45, 7) is 6.17. The fourth-order valence-electron chi connectivity index (χ4n) is 2.52. The van der Waals surface area contributed by atoms with Gasteiger partial charge >= 0.3 is 0 Å². The predicted molar refractivity (Wildman–Crippen MR) is 73.8 cm³/mol. The highest BCUT2D eigenvalue weighted by atomic mass is 16.2. The van der Waals surface area contributed by atoms with Gasteiger partial charge in [0.15, 0.2) is 5.65 Å². The summed E-state index contributed by atoms with van der Waals surface area (Å²) >= 11 is 0. The van der Waals surface area contributed by atoms with Crippen LogP contribution in [0.2, 0.25) is 0 Å². The lowest BCUT2D eigenvalue weighted by Crippen LogP contribution is -2.16. The molecule has 0 saturated heterocycles. The van der Waals surface area contributed by atoms with E-state index < -0.39 is 0 Å². The minimum atomic E-state index is 0.0905. The Morgan fingerprint density at radius 3 is 2.84 bits per heavy atom. The molecular weight excluding hydrogens is 240 g/mol. The molecule has 0 radical (unpaired) electrons. The molecule has 1 fully saturated rings. The topological polar surface area (TPSA) is 59.8 Å². The molecule has 0 aromatic carbocycles. The molecule has 1 aliphatic rings. The maximum absolute atomic E-state index is 12.1. The number of aromatic nitrogens is 3. The second-order valence-corrected chi connectivity index (χ2v) is 6.04. The van der Waals surface area contributed by atoms with E-state index in [-0.39, 0.29) is 17.2 Å². The van der Waals surface area contributed by atoms with Gasteiger partial charge in [-0.3, -0.25) is 9.48 Å². The van der Waals surface area contributed by atoms with Crippen LogP contribution >= 0.6 is 0 Å². The summed E-state index contributed by atoms with van der Waals surface area (Å²) in [7, 11) is 1.87. The van der Waals surface area contributed by atoms with Crippen molar-refractivity contribution in [3.05, 3.63) is 18.0 Å². The average Bonchev–Trinajstić information content (AvgIpc) is 2.88. The standard InChI is InChI=1S/C14H18N4O/c1-8-10-5-9(7-15-12(10)18(4)17-8)16-13(19)11-6-14(11,2)3/h5,7,11H,6H2,1-4H3,(H,16,19)/t11-/m1/s1. The van der Waals surface area contributed by atoms with E-state index >= 15 is 0 Å². The third kappa shape index (κ3) is 1.99. The first kappa shape index (κ1) is 12.1. The number of carbonyl (C=O) groups excluding carboxylic acids is 1. The van der Waals surface area contributed by atoms with Crippen LogP contribution in [0.25, 0.3) is 11.0 Å². The molecule has 0 spiro atoms. The lowest BCUT2D eigenvalue weighted by molar-refractivity contribution is -0.118. The van der Waals surface area contributed by atoms with E-state index in [0.29, 0.717) is 0 Å². The van der Waals surface area contributed by atoms with E-state index in [9.17, 15) is 4.79 Å². The highest BCUT2D eigenvalue weighted by Gasteiger charge is 2.50. The molecule has 0 aliphatic heterocycles. The molecule has 0 unspecified atom stereocenters. The number of nitrogens with one attached hydrogen (secondary N) is 1. The Morgan fingerprint density at radius 2 is 2.21 bits per heavy atom. The number of rotatable bonds is 2. The van der Waals surface area contributed by atoms with Gasteiger partial charge in [0.2, 0.25) is 5.91 Å². The molecule has 5 nitrogen and oxygen atoms in total. The van der Waals surface area contributed by atoms with Gasteiger partial charge in [-0.25, -0.2) is 4.98 Å². The maximum atomic E-state index is 12.1. The van der Waals surface area contributed by atoms with Gasteiger partial charge in [0.25, 0.3) is 0 Å². The molecule has 1 atom stereocenters. The fraction of sp³-hybridized carbons (Fsp3) is 0.500. The Balaban J connectivity index is 1.86. The summed E-state index contributed by atoms with van der Waals surface area (Å²) in [5.41, 5.74) is 2.65. The number of carbonyl (C=O) groups is 1. The molecule has 2 aromatic heterocycles. The van der Waals surface area contributed by atoms with Crippen LogP contribution in [-0.2, 0) is 11.8 Å². The number of hydrogen-bond donors (Lipinski definition) is 1. The third-order valence-corrected chi connectivity index (χ3v) is 3.96. The fourth-order valence-corrected chi connectivity index (χ4v) is 2.52. The summed E-state index contributed by atoms with van der Waals surface area (Å²) < 4.78 is 1.75. The zero-order valence-electron chi connectivity index (χ0n) is 11.7. The van der Waals surface area contributed by atoms with Crippen molar-refractivity contribution in [2.45, 2.75) is 27.2 Å². The van der Waals surface area contributed by atoms with Crippen molar-refractivity contribution in [2.75, 3.05) is 5.32 Å². The van der Waals surface area contributed by atoms with Gasteiger partial charge in [-0.15, -0.1) is 0 Å². The molecule has 0 bridgehead atoms. The van der Waals surface area contributed by atoms with Crippen LogP contribution in [0.3, 0.4) is 0 Å². The van der Waals surface area contributed by atoms with Crippen molar-refractivity contribution in [1.29, 1.82) is 0 Å². The summed E-state index contributed by atoms with van der Waals surface area (Å²) in [6.07, 6.45) is 2.65. The lowest BCUT2D eigenvalue weighted by atomic mass is 10.1. The minimum absolute atomic E-state index is 0.0905. The molecule has 2 heterocycles. The van der Waals surface area contributed by atoms with Crippen LogP contribution in [-0.4, -0.2) is 20.7 Å². The van der Waals surface area contributed by atoms with Crippen molar-refractivity contribution in [1.82, 2.24) is 14.8 Å². The van der Waals surface area contributed by atoms with Gasteiger partial charge in [-0.2, -0.15) is 5.10 Å². The largest absolute Gasteiger partial charge is 0.324 e. The van der Waals surface area contributed by atoms with Crippen LogP contribution in [0.4, 0.5) is 5.69 Å². The van der Waals surface area contributed by atoms with Gasteiger partial charge < -0.3 is 5.32 Å². The minimum Gasteiger partial charge on any atom is -0.324 e. The molecule has 2 aromatic rings. The molecule has 1 N–H and O–H groups in total. The quantitative estimate of drug-likeness (QED) is 0.898. The summed E-state index contributed by atoms with van der Waals surface area (Å²) in [5, 5.41) is 8.25. The molecule has 1 aliphatic carbocycles. The van der Waals surface area contributed by atoms with E-state index in [1.807, 2.05) is 20.0 Å². The molecular formula is C14H18N4O. The van der Waals surface area contributed by atoms with E-state index in [1.165, 1.54) is 0 Å². The first-order chi connectivity index (χ1) is 8.88. The van der Waals surface area contributed by atoms with Crippen LogP contribution in [0.1, 0.15) is 26.0 Å².